The first kappa shape index (κ1) is 16.2. The van der Waals surface area contributed by atoms with E-state index in [2.05, 4.69) is 15.3 Å². The predicted octanol–water partition coefficient (Wildman–Crippen LogP) is 1.24. The molecule has 1 aromatic rings. The molecule has 0 spiro atoms. The zero-order valence-corrected chi connectivity index (χ0v) is 13.0. The van der Waals surface area contributed by atoms with Gasteiger partial charge in [0.1, 0.15) is 5.71 Å². The molecule has 6 heteroatoms. The topological polar surface area (TPSA) is 106 Å². The summed E-state index contributed by atoms with van der Waals surface area (Å²) in [5.41, 5.74) is 14.6. The number of amides is 1. The summed E-state index contributed by atoms with van der Waals surface area (Å²) >= 11 is 0. The monoisotopic (exact) mass is 301 g/mol. The number of nitrogens with two attached hydrogens (primary N) is 2. The number of carbonyl (C=O) groups is 1. The summed E-state index contributed by atoms with van der Waals surface area (Å²) in [6, 6.07) is 3.76. The lowest BCUT2D eigenvalue weighted by Crippen LogP contribution is -2.33. The molecule has 5 N–H and O–H groups in total. The van der Waals surface area contributed by atoms with Gasteiger partial charge >= 0.3 is 0 Å². The van der Waals surface area contributed by atoms with Gasteiger partial charge in [-0.2, -0.15) is 0 Å². The molecule has 1 aliphatic heterocycles. The van der Waals surface area contributed by atoms with Crippen LogP contribution in [0, 0.1) is 5.92 Å². The van der Waals surface area contributed by atoms with Gasteiger partial charge in [0, 0.05) is 31.4 Å². The van der Waals surface area contributed by atoms with Crippen LogP contribution in [0.1, 0.15) is 43.5 Å². The number of pyridine rings is 1. The van der Waals surface area contributed by atoms with Gasteiger partial charge in [-0.25, -0.2) is 0 Å². The number of hydrogen-bond donors (Lipinski definition) is 3. The van der Waals surface area contributed by atoms with E-state index in [1.54, 1.807) is 13.2 Å². The van der Waals surface area contributed by atoms with Crippen LogP contribution in [-0.2, 0) is 4.79 Å². The van der Waals surface area contributed by atoms with Crippen molar-refractivity contribution >= 4 is 11.6 Å². The Balaban J connectivity index is 2.47. The lowest BCUT2D eigenvalue weighted by molar-refractivity contribution is -0.123. The maximum atomic E-state index is 12.3. The fraction of sp³-hybridized carbons (Fsp3) is 0.438. The summed E-state index contributed by atoms with van der Waals surface area (Å²) in [7, 11) is 1.65. The molecular weight excluding hydrogens is 278 g/mol. The second-order valence-corrected chi connectivity index (χ2v) is 5.55. The lowest BCUT2D eigenvalue weighted by Gasteiger charge is -2.19. The van der Waals surface area contributed by atoms with Crippen LogP contribution in [-0.4, -0.2) is 23.7 Å². The predicted molar refractivity (Wildman–Crippen MR) is 87.1 cm³/mol. The molecule has 0 fully saturated rings. The Hall–Kier alpha value is -2.21. The van der Waals surface area contributed by atoms with Gasteiger partial charge in [-0.1, -0.05) is 13.3 Å². The van der Waals surface area contributed by atoms with Crippen molar-refractivity contribution in [2.45, 2.75) is 32.2 Å². The van der Waals surface area contributed by atoms with Gasteiger partial charge in [0.05, 0.1) is 11.4 Å². The van der Waals surface area contributed by atoms with Crippen molar-refractivity contribution in [3.8, 4) is 0 Å². The van der Waals surface area contributed by atoms with Crippen molar-refractivity contribution in [2.24, 2.45) is 22.4 Å². The standard InChI is InChI=1S/C16H23N5O/c1-10-4-3-5-12(18)11-6-7-20-13(8-11)15(19-2)14(9-17)21-16(10)22/h6-10,12H,3-5,17-18H2,1-2H3,(H,21,22)/t10?,12-/m0/s1. The summed E-state index contributed by atoms with van der Waals surface area (Å²) in [5, 5.41) is 2.85. The minimum absolute atomic E-state index is 0.0665. The Morgan fingerprint density at radius 1 is 1.45 bits per heavy atom. The number of carbonyl (C=O) groups excluding carboxylic acids is 1. The van der Waals surface area contributed by atoms with Gasteiger partial charge in [-0.05, 0) is 30.5 Å². The highest BCUT2D eigenvalue weighted by Gasteiger charge is 2.20. The number of rotatable bonds is 0. The van der Waals surface area contributed by atoms with Gasteiger partial charge < -0.3 is 16.8 Å². The Bertz CT molecular complexity index is 608. The van der Waals surface area contributed by atoms with Crippen LogP contribution >= 0.6 is 0 Å². The average Bonchev–Trinajstić information content (AvgIpc) is 2.53. The first-order valence-electron chi connectivity index (χ1n) is 7.48. The molecule has 2 heterocycles. The lowest BCUT2D eigenvalue weighted by atomic mass is 9.96. The van der Waals surface area contributed by atoms with E-state index in [4.69, 9.17) is 11.5 Å². The van der Waals surface area contributed by atoms with Crippen LogP contribution in [0.25, 0.3) is 0 Å². The number of fused-ring (bicyclic) bond motifs is 2. The zero-order valence-electron chi connectivity index (χ0n) is 13.0. The first-order valence-corrected chi connectivity index (χ1v) is 7.48. The highest BCUT2D eigenvalue weighted by atomic mass is 16.1. The summed E-state index contributed by atoms with van der Waals surface area (Å²) in [5.74, 6) is -0.172. The van der Waals surface area contributed by atoms with Gasteiger partial charge in [0.25, 0.3) is 0 Å². The van der Waals surface area contributed by atoms with Gasteiger partial charge in [0.15, 0.2) is 0 Å². The SMILES string of the molecule is CN=C1C(=CN)NC(=O)C(C)CCC[C@H](N)c2ccnc1c2. The fourth-order valence-electron chi connectivity index (χ4n) is 2.56. The van der Waals surface area contributed by atoms with E-state index in [1.807, 2.05) is 19.1 Å². The number of hydrogen-bond acceptors (Lipinski definition) is 5. The summed E-state index contributed by atoms with van der Waals surface area (Å²) in [6.07, 6.45) is 5.57. The molecule has 0 aromatic carbocycles. The molecule has 22 heavy (non-hydrogen) atoms. The third-order valence-electron chi connectivity index (χ3n) is 3.96. The molecule has 2 bridgehead atoms. The zero-order chi connectivity index (χ0) is 16.1. The number of nitrogens with one attached hydrogen (secondary N) is 1. The Kier molecular flexibility index (Phi) is 5.27. The molecule has 1 aromatic heterocycles. The minimum Gasteiger partial charge on any atom is -0.403 e. The number of aromatic nitrogens is 1. The van der Waals surface area contributed by atoms with Crippen LogP contribution < -0.4 is 16.8 Å². The highest BCUT2D eigenvalue weighted by molar-refractivity contribution is 6.12. The molecule has 6 nitrogen and oxygen atoms in total. The van der Waals surface area contributed by atoms with Gasteiger partial charge in [0.2, 0.25) is 5.91 Å². The highest BCUT2D eigenvalue weighted by Crippen LogP contribution is 2.21. The van der Waals surface area contributed by atoms with Crippen LogP contribution in [0.3, 0.4) is 0 Å². The molecule has 1 aliphatic rings. The van der Waals surface area contributed by atoms with Crippen LogP contribution in [0.4, 0.5) is 0 Å². The van der Waals surface area contributed by atoms with E-state index in [1.165, 1.54) is 6.20 Å². The molecule has 0 radical (unpaired) electrons. The quantitative estimate of drug-likeness (QED) is 0.670. The van der Waals surface area contributed by atoms with Gasteiger partial charge in [-0.15, -0.1) is 0 Å². The molecule has 1 amide bonds. The molecule has 2 atom stereocenters. The fourth-order valence-corrected chi connectivity index (χ4v) is 2.56. The van der Waals surface area contributed by atoms with E-state index >= 15 is 0 Å². The molecule has 0 saturated carbocycles. The van der Waals surface area contributed by atoms with E-state index in [0.29, 0.717) is 17.1 Å². The number of aliphatic imine (C=N–C) groups is 1. The maximum absolute atomic E-state index is 12.3. The van der Waals surface area contributed by atoms with E-state index in [9.17, 15) is 4.79 Å². The molecule has 2 rings (SSSR count). The third-order valence-corrected chi connectivity index (χ3v) is 3.96. The molecule has 0 aliphatic carbocycles. The second kappa shape index (κ2) is 7.17. The van der Waals surface area contributed by atoms with E-state index in [0.717, 1.165) is 24.8 Å². The van der Waals surface area contributed by atoms with Crippen molar-refractivity contribution in [1.29, 1.82) is 0 Å². The molecule has 1 unspecified atom stereocenters. The van der Waals surface area contributed by atoms with E-state index < -0.39 is 0 Å². The second-order valence-electron chi connectivity index (χ2n) is 5.55. The van der Waals surface area contributed by atoms with Crippen molar-refractivity contribution in [1.82, 2.24) is 10.3 Å². The minimum atomic E-state index is -0.106. The smallest absolute Gasteiger partial charge is 0.227 e. The summed E-state index contributed by atoms with van der Waals surface area (Å²) in [4.78, 5) is 20.8. The van der Waals surface area contributed by atoms with E-state index in [-0.39, 0.29) is 17.9 Å². The third kappa shape index (κ3) is 3.51. The number of nitrogens with zero attached hydrogens (tertiary/aromatic N) is 2. The Morgan fingerprint density at radius 3 is 2.91 bits per heavy atom. The number of allylic oxidation sites excluding steroid dienone is 1. The van der Waals surface area contributed by atoms with Crippen molar-refractivity contribution in [2.75, 3.05) is 7.05 Å². The maximum Gasteiger partial charge on any atom is 0.227 e. The molecule has 118 valence electrons. The van der Waals surface area contributed by atoms with Crippen LogP contribution in [0.2, 0.25) is 0 Å². The van der Waals surface area contributed by atoms with Gasteiger partial charge in [-0.3, -0.25) is 14.8 Å². The van der Waals surface area contributed by atoms with Crippen molar-refractivity contribution < 1.29 is 4.79 Å². The molecule has 0 saturated heterocycles. The van der Waals surface area contributed by atoms with Crippen LogP contribution in [0.15, 0.2) is 35.2 Å². The van der Waals surface area contributed by atoms with Crippen molar-refractivity contribution in [3.63, 3.8) is 0 Å². The largest absolute Gasteiger partial charge is 0.403 e. The summed E-state index contributed by atoms with van der Waals surface area (Å²) < 4.78 is 0. The summed E-state index contributed by atoms with van der Waals surface area (Å²) in [6.45, 7) is 1.90. The average molecular weight is 301 g/mol. The van der Waals surface area contributed by atoms with Crippen molar-refractivity contribution in [3.05, 3.63) is 41.5 Å². The Morgan fingerprint density at radius 2 is 2.23 bits per heavy atom. The molecular formula is C16H23N5O. The normalized spacial score (nSPS) is 27.1. The first-order chi connectivity index (χ1) is 10.6. The Labute approximate surface area is 130 Å². The van der Waals surface area contributed by atoms with Crippen LogP contribution in [0.5, 0.6) is 0 Å².